The number of aromatic nitrogens is 2. The van der Waals surface area contributed by atoms with Gasteiger partial charge in [0.25, 0.3) is 0 Å². The van der Waals surface area contributed by atoms with E-state index in [9.17, 15) is 0 Å². The van der Waals surface area contributed by atoms with Gasteiger partial charge in [-0.05, 0) is 67.3 Å². The highest BCUT2D eigenvalue weighted by Gasteiger charge is 2.29. The molecule has 6 rings (SSSR count). The fourth-order valence-electron chi connectivity index (χ4n) is 6.32. The van der Waals surface area contributed by atoms with Crippen LogP contribution in [-0.2, 0) is 13.1 Å². The van der Waals surface area contributed by atoms with Crippen LogP contribution >= 0.6 is 0 Å². The molecule has 0 radical (unpaired) electrons. The standard InChI is InChI=1S/C33H32N2/c1-5-34-22(3)31(27-15-9-11-17-29(27)34)33(26-20-19-24-13-7-8-14-25(24)21-26)32-23(4)35(6-2)30-18-12-10-16-28(30)32/h7-21,33H,5-6H2,1-4H3. The molecule has 2 heteroatoms. The predicted octanol–water partition coefficient (Wildman–Crippen LogP) is 8.59. The van der Waals surface area contributed by atoms with Crippen molar-refractivity contribution < 1.29 is 0 Å². The maximum absolute atomic E-state index is 2.48. The molecule has 0 atom stereocenters. The number of para-hydroxylation sites is 2. The molecule has 2 nitrogen and oxygen atoms in total. The Hall–Kier alpha value is -3.78. The van der Waals surface area contributed by atoms with E-state index in [0.29, 0.717) is 0 Å². The third-order valence-corrected chi connectivity index (χ3v) is 7.88. The number of rotatable bonds is 5. The molecule has 174 valence electrons. The number of hydrogen-bond donors (Lipinski definition) is 0. The van der Waals surface area contributed by atoms with Gasteiger partial charge in [0.15, 0.2) is 0 Å². The van der Waals surface area contributed by atoms with Crippen molar-refractivity contribution in [1.82, 2.24) is 9.13 Å². The van der Waals surface area contributed by atoms with Crippen LogP contribution in [0.3, 0.4) is 0 Å². The predicted molar refractivity (Wildman–Crippen MR) is 150 cm³/mol. The molecule has 0 fully saturated rings. The quantitative estimate of drug-likeness (QED) is 0.246. The van der Waals surface area contributed by atoms with E-state index in [4.69, 9.17) is 0 Å². The van der Waals surface area contributed by atoms with Crippen molar-refractivity contribution in [2.24, 2.45) is 0 Å². The molecule has 0 unspecified atom stereocenters. The summed E-state index contributed by atoms with van der Waals surface area (Å²) in [5.74, 6) is 0.148. The minimum absolute atomic E-state index is 0.148. The second-order valence-corrected chi connectivity index (χ2v) is 9.56. The summed E-state index contributed by atoms with van der Waals surface area (Å²) >= 11 is 0. The Morgan fingerprint density at radius 1 is 0.571 bits per heavy atom. The second kappa shape index (κ2) is 8.46. The van der Waals surface area contributed by atoms with Crippen molar-refractivity contribution in [3.63, 3.8) is 0 Å². The average molecular weight is 457 g/mol. The van der Waals surface area contributed by atoms with Gasteiger partial charge >= 0.3 is 0 Å². The van der Waals surface area contributed by atoms with E-state index in [1.165, 1.54) is 60.7 Å². The second-order valence-electron chi connectivity index (χ2n) is 9.56. The molecule has 4 aromatic carbocycles. The molecular formula is C33H32N2. The average Bonchev–Trinajstić information content (AvgIpc) is 3.34. The summed E-state index contributed by atoms with van der Waals surface area (Å²) in [6, 6.07) is 33.6. The summed E-state index contributed by atoms with van der Waals surface area (Å²) in [6.45, 7) is 11.0. The van der Waals surface area contributed by atoms with E-state index in [0.717, 1.165) is 13.1 Å². The van der Waals surface area contributed by atoms with Crippen molar-refractivity contribution in [3.8, 4) is 0 Å². The SMILES string of the molecule is CCn1c(C)c(C(c2ccc3ccccc3c2)c2c(C)n(CC)c3ccccc23)c2ccccc21. The van der Waals surface area contributed by atoms with Crippen LogP contribution in [0.25, 0.3) is 32.6 Å². The lowest BCUT2D eigenvalue weighted by atomic mass is 9.81. The van der Waals surface area contributed by atoms with Crippen molar-refractivity contribution in [2.75, 3.05) is 0 Å². The number of hydrogen-bond acceptors (Lipinski definition) is 0. The smallest absolute Gasteiger partial charge is 0.0485 e. The van der Waals surface area contributed by atoms with Crippen LogP contribution in [-0.4, -0.2) is 9.13 Å². The summed E-state index contributed by atoms with van der Waals surface area (Å²) in [4.78, 5) is 0. The molecule has 6 aromatic rings. The Morgan fingerprint density at radius 2 is 1.06 bits per heavy atom. The first-order valence-electron chi connectivity index (χ1n) is 12.8. The molecule has 0 amide bonds. The summed E-state index contributed by atoms with van der Waals surface area (Å²) in [5.41, 5.74) is 9.59. The van der Waals surface area contributed by atoms with Gasteiger partial charge in [0, 0.05) is 52.2 Å². The first kappa shape index (κ1) is 21.7. The van der Waals surface area contributed by atoms with Gasteiger partial charge in [0.1, 0.15) is 0 Å². The zero-order valence-corrected chi connectivity index (χ0v) is 21.0. The molecule has 0 spiro atoms. The number of nitrogens with zero attached hydrogens (tertiary/aromatic N) is 2. The Morgan fingerprint density at radius 3 is 1.60 bits per heavy atom. The molecule has 35 heavy (non-hydrogen) atoms. The molecule has 2 heterocycles. The highest BCUT2D eigenvalue weighted by molar-refractivity contribution is 5.92. The first-order chi connectivity index (χ1) is 17.1. The van der Waals surface area contributed by atoms with Crippen LogP contribution in [0.4, 0.5) is 0 Å². The Balaban J connectivity index is 1.76. The summed E-state index contributed by atoms with van der Waals surface area (Å²) in [6.07, 6.45) is 0. The maximum Gasteiger partial charge on any atom is 0.0485 e. The molecular weight excluding hydrogens is 424 g/mol. The van der Waals surface area contributed by atoms with Gasteiger partial charge in [-0.1, -0.05) is 78.9 Å². The first-order valence-corrected chi connectivity index (χ1v) is 12.8. The monoisotopic (exact) mass is 456 g/mol. The van der Waals surface area contributed by atoms with Gasteiger partial charge in [-0.2, -0.15) is 0 Å². The van der Waals surface area contributed by atoms with Crippen molar-refractivity contribution in [1.29, 1.82) is 0 Å². The number of benzene rings is 4. The van der Waals surface area contributed by atoms with Crippen LogP contribution < -0.4 is 0 Å². The fourth-order valence-corrected chi connectivity index (χ4v) is 6.32. The van der Waals surface area contributed by atoms with E-state index in [2.05, 4.69) is 128 Å². The third-order valence-electron chi connectivity index (χ3n) is 7.88. The van der Waals surface area contributed by atoms with Gasteiger partial charge in [0.2, 0.25) is 0 Å². The lowest BCUT2D eigenvalue weighted by molar-refractivity contribution is 0.748. The van der Waals surface area contributed by atoms with Gasteiger partial charge in [-0.25, -0.2) is 0 Å². The highest BCUT2D eigenvalue weighted by Crippen LogP contribution is 2.45. The van der Waals surface area contributed by atoms with Crippen molar-refractivity contribution >= 4 is 32.6 Å². The van der Waals surface area contributed by atoms with Gasteiger partial charge in [-0.3, -0.25) is 0 Å². The third kappa shape index (κ3) is 3.24. The molecule has 0 saturated carbocycles. The van der Waals surface area contributed by atoms with Crippen LogP contribution in [0.1, 0.15) is 47.8 Å². The van der Waals surface area contributed by atoms with Crippen LogP contribution in [0.2, 0.25) is 0 Å². The lowest BCUT2D eigenvalue weighted by Crippen LogP contribution is -2.08. The molecule has 0 N–H and O–H groups in total. The zero-order valence-electron chi connectivity index (χ0n) is 21.0. The largest absolute Gasteiger partial charge is 0.345 e. The zero-order chi connectivity index (χ0) is 24.1. The topological polar surface area (TPSA) is 9.86 Å². The molecule has 0 saturated heterocycles. The van der Waals surface area contributed by atoms with Crippen molar-refractivity contribution in [3.05, 3.63) is 119 Å². The molecule has 0 bridgehead atoms. The molecule has 0 aliphatic heterocycles. The van der Waals surface area contributed by atoms with Crippen LogP contribution in [0.15, 0.2) is 91.0 Å². The van der Waals surface area contributed by atoms with Gasteiger partial charge < -0.3 is 9.13 Å². The Kier molecular flexibility index (Phi) is 5.25. The van der Waals surface area contributed by atoms with E-state index >= 15 is 0 Å². The van der Waals surface area contributed by atoms with Gasteiger partial charge in [0.05, 0.1) is 0 Å². The maximum atomic E-state index is 2.48. The Bertz CT molecular complexity index is 1610. The molecule has 0 aliphatic rings. The minimum atomic E-state index is 0.148. The normalized spacial score (nSPS) is 11.9. The highest BCUT2D eigenvalue weighted by atomic mass is 15.0. The number of aryl methyl sites for hydroxylation is 2. The van der Waals surface area contributed by atoms with E-state index in [-0.39, 0.29) is 5.92 Å². The van der Waals surface area contributed by atoms with Crippen molar-refractivity contribution in [2.45, 2.75) is 46.7 Å². The summed E-state index contributed by atoms with van der Waals surface area (Å²) < 4.78 is 4.96. The summed E-state index contributed by atoms with van der Waals surface area (Å²) in [5, 5.41) is 5.30. The fraction of sp³-hybridized carbons (Fsp3) is 0.212. The molecule has 0 aliphatic carbocycles. The summed E-state index contributed by atoms with van der Waals surface area (Å²) in [7, 11) is 0. The van der Waals surface area contributed by atoms with E-state index in [1.807, 2.05) is 0 Å². The molecule has 2 aromatic heterocycles. The van der Waals surface area contributed by atoms with Crippen LogP contribution in [0.5, 0.6) is 0 Å². The van der Waals surface area contributed by atoms with E-state index < -0.39 is 0 Å². The van der Waals surface area contributed by atoms with Gasteiger partial charge in [-0.15, -0.1) is 0 Å². The Labute approximate surface area is 207 Å². The lowest BCUT2D eigenvalue weighted by Gasteiger charge is -2.21. The minimum Gasteiger partial charge on any atom is -0.345 e. The van der Waals surface area contributed by atoms with E-state index in [1.54, 1.807) is 0 Å². The number of fused-ring (bicyclic) bond motifs is 3. The van der Waals surface area contributed by atoms with Crippen LogP contribution in [0, 0.1) is 13.8 Å².